The second-order valence-corrected chi connectivity index (χ2v) is 14.8. The Balaban J connectivity index is 1.53. The molecule has 0 bridgehead atoms. The van der Waals surface area contributed by atoms with E-state index in [0.29, 0.717) is 43.7 Å². The number of ether oxygens (including phenoxy) is 2. The van der Waals surface area contributed by atoms with Crippen LogP contribution in [0.3, 0.4) is 0 Å². The SMILES string of the molecule is CNC(=O)c1cccc(C(=O)N[C@@H](Cc2ccc(OCc3ccccc3)cc2)C(=O)N[C@@H](CC(C)C)C(=O)N2CCC[C@H]2C(=O)N[C@H](CCCNC(=N)N)C(=O)OC)c1. The highest BCUT2D eigenvalue weighted by molar-refractivity contribution is 6.01. The van der Waals surface area contributed by atoms with Crippen molar-refractivity contribution in [3.05, 3.63) is 101 Å². The monoisotopic (exact) mass is 812 g/mol. The fourth-order valence-corrected chi connectivity index (χ4v) is 6.75. The molecule has 1 aliphatic rings. The molecule has 0 radical (unpaired) electrons. The van der Waals surface area contributed by atoms with E-state index in [9.17, 15) is 28.8 Å². The quantitative estimate of drug-likeness (QED) is 0.0381. The van der Waals surface area contributed by atoms with Crippen LogP contribution < -0.4 is 37.1 Å². The summed E-state index contributed by atoms with van der Waals surface area (Å²) in [6, 6.07) is 18.9. The number of nitrogens with zero attached hydrogens (tertiary/aromatic N) is 1. The van der Waals surface area contributed by atoms with Crippen molar-refractivity contribution in [3.63, 3.8) is 0 Å². The Labute approximate surface area is 344 Å². The van der Waals surface area contributed by atoms with E-state index < -0.39 is 53.8 Å². The maximum atomic E-state index is 14.3. The van der Waals surface area contributed by atoms with Crippen LogP contribution in [0, 0.1) is 11.3 Å². The summed E-state index contributed by atoms with van der Waals surface area (Å²) in [5.74, 6) is -2.88. The number of carbonyl (C=O) groups is 6. The Morgan fingerprint density at radius 1 is 0.847 bits per heavy atom. The standard InChI is InChI=1S/C43H56N8O8/c1-27(2)23-35(41(56)51-22-10-16-36(51)40(55)48-33(42(57)58-4)15-9-21-47-43(44)45)50-39(54)34(49-38(53)31-14-8-13-30(25-31)37(52)46-3)24-28-17-19-32(20-18-28)59-26-29-11-6-5-7-12-29/h5-8,11-14,17-20,25,27,33-36H,9-10,15-16,21-24,26H2,1-4H3,(H,46,52)(H,48,55)(H,49,53)(H,50,54)(H4,44,45,47)/t33-,34+,35+,36+/m1/s1. The van der Waals surface area contributed by atoms with Crippen LogP contribution in [-0.2, 0) is 36.9 Å². The number of likely N-dealkylation sites (tertiary alicyclic amines) is 1. The van der Waals surface area contributed by atoms with Gasteiger partial charge in [-0.2, -0.15) is 0 Å². The van der Waals surface area contributed by atoms with E-state index in [4.69, 9.17) is 20.6 Å². The minimum absolute atomic E-state index is 0.0460. The first kappa shape index (κ1) is 45.3. The fraction of sp³-hybridized carbons (Fsp3) is 0.419. The Morgan fingerprint density at radius 3 is 2.19 bits per heavy atom. The normalized spacial score (nSPS) is 14.9. The Kier molecular flexibility index (Phi) is 17.2. The van der Waals surface area contributed by atoms with Gasteiger partial charge in [0.25, 0.3) is 11.8 Å². The number of carbonyl (C=O) groups excluding carboxylic acids is 6. The third-order valence-electron chi connectivity index (χ3n) is 9.79. The fourth-order valence-electron chi connectivity index (χ4n) is 6.75. The van der Waals surface area contributed by atoms with Gasteiger partial charge in [-0.05, 0) is 79.5 Å². The predicted molar refractivity (Wildman–Crippen MR) is 221 cm³/mol. The second-order valence-electron chi connectivity index (χ2n) is 14.8. The maximum Gasteiger partial charge on any atom is 0.328 e. The van der Waals surface area contributed by atoms with Crippen LogP contribution in [0.25, 0.3) is 0 Å². The molecule has 4 rings (SSSR count). The van der Waals surface area contributed by atoms with Gasteiger partial charge >= 0.3 is 5.97 Å². The zero-order chi connectivity index (χ0) is 42.9. The summed E-state index contributed by atoms with van der Waals surface area (Å²) >= 11 is 0. The van der Waals surface area contributed by atoms with Gasteiger partial charge in [-0.25, -0.2) is 4.79 Å². The lowest BCUT2D eigenvalue weighted by atomic mass is 10.00. The first-order valence-corrected chi connectivity index (χ1v) is 19.7. The molecule has 0 saturated carbocycles. The van der Waals surface area contributed by atoms with Gasteiger partial charge in [-0.1, -0.05) is 62.4 Å². The number of esters is 1. The lowest BCUT2D eigenvalue weighted by Crippen LogP contribution is -2.58. The van der Waals surface area contributed by atoms with Crippen LogP contribution >= 0.6 is 0 Å². The van der Waals surface area contributed by atoms with Crippen LogP contribution in [0.5, 0.6) is 5.75 Å². The highest BCUT2D eigenvalue weighted by Gasteiger charge is 2.40. The Hall–Kier alpha value is -6.45. The average Bonchev–Trinajstić information content (AvgIpc) is 3.73. The van der Waals surface area contributed by atoms with Gasteiger partial charge in [-0.15, -0.1) is 0 Å². The van der Waals surface area contributed by atoms with Crippen molar-refractivity contribution in [1.82, 2.24) is 31.5 Å². The van der Waals surface area contributed by atoms with Crippen molar-refractivity contribution in [2.75, 3.05) is 27.2 Å². The molecule has 8 N–H and O–H groups in total. The van der Waals surface area contributed by atoms with Crippen molar-refractivity contribution in [3.8, 4) is 5.75 Å². The number of amides is 5. The van der Waals surface area contributed by atoms with Crippen LogP contribution in [-0.4, -0.2) is 97.8 Å². The molecule has 16 nitrogen and oxygen atoms in total. The van der Waals surface area contributed by atoms with Gasteiger partial charge in [0.2, 0.25) is 17.7 Å². The molecule has 4 atom stereocenters. The zero-order valence-electron chi connectivity index (χ0n) is 34.0. The zero-order valence-corrected chi connectivity index (χ0v) is 34.0. The molecule has 316 valence electrons. The van der Waals surface area contributed by atoms with Gasteiger partial charge in [0, 0.05) is 37.7 Å². The van der Waals surface area contributed by atoms with Gasteiger partial charge in [-0.3, -0.25) is 29.4 Å². The van der Waals surface area contributed by atoms with Crippen LogP contribution in [0.4, 0.5) is 0 Å². The summed E-state index contributed by atoms with van der Waals surface area (Å²) in [7, 11) is 2.70. The second kappa shape index (κ2) is 22.5. The van der Waals surface area contributed by atoms with Crippen molar-refractivity contribution >= 4 is 41.5 Å². The molecule has 0 unspecified atom stereocenters. The molecule has 3 aromatic rings. The Morgan fingerprint density at radius 2 is 1.54 bits per heavy atom. The molecule has 5 amide bonds. The molecule has 3 aromatic carbocycles. The van der Waals surface area contributed by atoms with E-state index in [0.717, 1.165) is 5.56 Å². The molecule has 0 aromatic heterocycles. The molecule has 59 heavy (non-hydrogen) atoms. The smallest absolute Gasteiger partial charge is 0.328 e. The third-order valence-corrected chi connectivity index (χ3v) is 9.79. The first-order valence-electron chi connectivity index (χ1n) is 19.7. The lowest BCUT2D eigenvalue weighted by Gasteiger charge is -2.31. The number of hydrogen-bond donors (Lipinski definition) is 7. The molecule has 0 aliphatic carbocycles. The van der Waals surface area contributed by atoms with Gasteiger partial charge in [0.1, 0.15) is 36.5 Å². The number of methoxy groups -OCH3 is 1. The first-order chi connectivity index (χ1) is 28.3. The van der Waals surface area contributed by atoms with E-state index in [2.05, 4.69) is 26.6 Å². The highest BCUT2D eigenvalue weighted by atomic mass is 16.5. The third kappa shape index (κ3) is 13.9. The number of nitrogens with one attached hydrogen (secondary N) is 6. The number of rotatable bonds is 20. The number of nitrogens with two attached hydrogens (primary N) is 1. The van der Waals surface area contributed by atoms with Crippen LogP contribution in [0.1, 0.15) is 77.8 Å². The van der Waals surface area contributed by atoms with Gasteiger partial charge in [0.15, 0.2) is 5.96 Å². The van der Waals surface area contributed by atoms with Crippen LogP contribution in [0.15, 0.2) is 78.9 Å². The van der Waals surface area contributed by atoms with Gasteiger partial charge in [0.05, 0.1) is 7.11 Å². The van der Waals surface area contributed by atoms with E-state index in [1.165, 1.54) is 31.2 Å². The number of guanidine groups is 1. The average molecular weight is 813 g/mol. The number of benzene rings is 3. The van der Waals surface area contributed by atoms with Crippen LogP contribution in [0.2, 0.25) is 0 Å². The van der Waals surface area contributed by atoms with E-state index in [1.807, 2.05) is 44.2 Å². The van der Waals surface area contributed by atoms with E-state index >= 15 is 0 Å². The lowest BCUT2D eigenvalue weighted by molar-refractivity contribution is -0.147. The topological polar surface area (TPSA) is 234 Å². The summed E-state index contributed by atoms with van der Waals surface area (Å²) < 4.78 is 10.8. The largest absolute Gasteiger partial charge is 0.489 e. The summed E-state index contributed by atoms with van der Waals surface area (Å²) in [6.07, 6.45) is 1.78. The van der Waals surface area contributed by atoms with Crippen molar-refractivity contribution in [1.29, 1.82) is 5.41 Å². The minimum atomic E-state index is -1.15. The molecule has 16 heteroatoms. The summed E-state index contributed by atoms with van der Waals surface area (Å²) in [4.78, 5) is 82.2. The molecule has 1 heterocycles. The molecule has 1 fully saturated rings. The van der Waals surface area contributed by atoms with Gasteiger partial charge < -0.3 is 46.7 Å². The molecular weight excluding hydrogens is 757 g/mol. The van der Waals surface area contributed by atoms with Crippen molar-refractivity contribution in [2.24, 2.45) is 11.7 Å². The highest BCUT2D eigenvalue weighted by Crippen LogP contribution is 2.22. The molecular formula is C43H56N8O8. The van der Waals surface area contributed by atoms with Crippen molar-refractivity contribution < 1.29 is 38.2 Å². The molecule has 0 spiro atoms. The minimum Gasteiger partial charge on any atom is -0.489 e. The molecule has 1 aliphatic heterocycles. The predicted octanol–water partition coefficient (Wildman–Crippen LogP) is 2.41. The number of hydrogen-bond acceptors (Lipinski definition) is 9. The van der Waals surface area contributed by atoms with E-state index in [1.54, 1.807) is 36.4 Å². The summed E-state index contributed by atoms with van der Waals surface area (Å²) in [5, 5.41) is 21.0. The molecule has 1 saturated heterocycles. The van der Waals surface area contributed by atoms with E-state index in [-0.39, 0.29) is 54.7 Å². The maximum absolute atomic E-state index is 14.3. The summed E-state index contributed by atoms with van der Waals surface area (Å²) in [6.45, 7) is 4.74. The Bertz CT molecular complexity index is 1920. The van der Waals surface area contributed by atoms with Crippen molar-refractivity contribution in [2.45, 2.75) is 83.1 Å². The summed E-state index contributed by atoms with van der Waals surface area (Å²) in [5.41, 5.74) is 7.48.